The van der Waals surface area contributed by atoms with Crippen LogP contribution in [0.1, 0.15) is 39.9 Å². The van der Waals surface area contributed by atoms with Gasteiger partial charge in [0, 0.05) is 12.1 Å². The highest BCUT2D eigenvalue weighted by atomic mass is 16.5. The number of fused-ring (bicyclic) bond motifs is 2. The first-order valence-electron chi connectivity index (χ1n) is 10.9. The molecule has 0 saturated heterocycles. The first kappa shape index (κ1) is 20.9. The number of carbonyl (C=O) groups excluding carboxylic acids is 1. The Bertz CT molecular complexity index is 1510. The number of methoxy groups -OCH3 is 1. The van der Waals surface area contributed by atoms with Gasteiger partial charge in [-0.05, 0) is 55.3 Å². The van der Waals surface area contributed by atoms with Crippen molar-refractivity contribution in [1.82, 2.24) is 19.5 Å². The fourth-order valence-corrected chi connectivity index (χ4v) is 4.21. The van der Waals surface area contributed by atoms with Crippen molar-refractivity contribution >= 4 is 28.2 Å². The summed E-state index contributed by atoms with van der Waals surface area (Å²) in [5.41, 5.74) is 7.43. The lowest BCUT2D eigenvalue weighted by molar-refractivity contribution is 0.0601. The molecule has 0 spiro atoms. The van der Waals surface area contributed by atoms with Crippen LogP contribution >= 0.6 is 0 Å². The Balaban J connectivity index is 1.56. The van der Waals surface area contributed by atoms with Crippen LogP contribution in [0.25, 0.3) is 33.7 Å². The van der Waals surface area contributed by atoms with Crippen molar-refractivity contribution in [3.05, 3.63) is 76.7 Å². The maximum atomic E-state index is 12.2. The molecule has 0 unspecified atom stereocenters. The molecule has 7 heteroatoms. The van der Waals surface area contributed by atoms with E-state index in [0.29, 0.717) is 29.1 Å². The molecule has 0 aliphatic heterocycles. The van der Waals surface area contributed by atoms with Crippen molar-refractivity contribution in [2.24, 2.45) is 0 Å². The quantitative estimate of drug-likeness (QED) is 0.347. The molecule has 5 aromatic rings. The second-order valence-electron chi connectivity index (χ2n) is 8.08. The van der Waals surface area contributed by atoms with Crippen LogP contribution in [-0.2, 0) is 17.7 Å². The molecule has 0 saturated carbocycles. The summed E-state index contributed by atoms with van der Waals surface area (Å²) >= 11 is 0. The molecule has 7 nitrogen and oxygen atoms in total. The highest BCUT2D eigenvalue weighted by Gasteiger charge is 2.18. The van der Waals surface area contributed by atoms with Gasteiger partial charge in [0.1, 0.15) is 16.9 Å². The summed E-state index contributed by atoms with van der Waals surface area (Å²) in [4.78, 5) is 26.4. The van der Waals surface area contributed by atoms with Gasteiger partial charge >= 0.3 is 5.97 Å². The van der Waals surface area contributed by atoms with Crippen molar-refractivity contribution in [2.75, 3.05) is 7.11 Å². The number of carbonyl (C=O) groups is 1. The zero-order valence-electron chi connectivity index (χ0n) is 19.0. The molecule has 2 aromatic carbocycles. The molecular weight excluding hydrogens is 416 g/mol. The fraction of sp³-hybridized carbons (Fsp3) is 0.231. The lowest BCUT2D eigenvalue weighted by Gasteiger charge is -2.08. The highest BCUT2D eigenvalue weighted by Crippen LogP contribution is 2.29. The fourth-order valence-electron chi connectivity index (χ4n) is 4.21. The van der Waals surface area contributed by atoms with Gasteiger partial charge in [-0.2, -0.15) is 0 Å². The summed E-state index contributed by atoms with van der Waals surface area (Å²) in [5.74, 6) is 0.961. The van der Waals surface area contributed by atoms with Gasteiger partial charge in [0.15, 0.2) is 11.2 Å². The summed E-state index contributed by atoms with van der Waals surface area (Å²) in [6.45, 7) is 6.81. The molecule has 0 N–H and O–H groups in total. The number of aryl methyl sites for hydroxylation is 3. The first-order chi connectivity index (χ1) is 16.0. The van der Waals surface area contributed by atoms with Crippen LogP contribution in [-0.4, -0.2) is 32.6 Å². The molecule has 0 atom stereocenters. The Labute approximate surface area is 191 Å². The summed E-state index contributed by atoms with van der Waals surface area (Å²) in [6, 6.07) is 15.2. The Hall–Kier alpha value is -4.00. The van der Waals surface area contributed by atoms with Gasteiger partial charge in [0.05, 0.1) is 24.8 Å². The van der Waals surface area contributed by atoms with Crippen molar-refractivity contribution < 1.29 is 13.9 Å². The number of rotatable bonds is 5. The van der Waals surface area contributed by atoms with E-state index in [1.165, 1.54) is 7.11 Å². The lowest BCUT2D eigenvalue weighted by atomic mass is 10.1. The molecule has 166 valence electrons. The van der Waals surface area contributed by atoms with Gasteiger partial charge in [-0.15, -0.1) is 0 Å². The van der Waals surface area contributed by atoms with E-state index in [1.807, 2.05) is 31.2 Å². The Kier molecular flexibility index (Phi) is 5.17. The van der Waals surface area contributed by atoms with Crippen molar-refractivity contribution in [1.29, 1.82) is 0 Å². The van der Waals surface area contributed by atoms with Crippen LogP contribution in [0.15, 0.2) is 52.9 Å². The summed E-state index contributed by atoms with van der Waals surface area (Å²) < 4.78 is 13.0. The third-order valence-corrected chi connectivity index (χ3v) is 5.77. The Morgan fingerprint density at radius 1 is 1.06 bits per heavy atom. The predicted octanol–water partition coefficient (Wildman–Crippen LogP) is 5.25. The van der Waals surface area contributed by atoms with Crippen molar-refractivity contribution in [3.63, 3.8) is 0 Å². The smallest absolute Gasteiger partial charge is 0.338 e. The number of nitrogens with zero attached hydrogens (tertiary/aromatic N) is 4. The molecular formula is C26H24N4O3. The number of ether oxygens (including phenoxy) is 1. The monoisotopic (exact) mass is 440 g/mol. The molecule has 0 aliphatic carbocycles. The van der Waals surface area contributed by atoms with Crippen LogP contribution in [0, 0.1) is 13.8 Å². The van der Waals surface area contributed by atoms with E-state index >= 15 is 0 Å². The minimum absolute atomic E-state index is 0.387. The molecule has 0 amide bonds. The number of benzene rings is 2. The maximum Gasteiger partial charge on any atom is 0.338 e. The second-order valence-corrected chi connectivity index (χ2v) is 8.08. The molecule has 3 aromatic heterocycles. The van der Waals surface area contributed by atoms with E-state index in [4.69, 9.17) is 19.1 Å². The van der Waals surface area contributed by atoms with Gasteiger partial charge < -0.3 is 13.7 Å². The number of hydrogen-bond donors (Lipinski definition) is 0. The molecule has 5 rings (SSSR count). The van der Waals surface area contributed by atoms with E-state index in [-0.39, 0.29) is 0 Å². The average Bonchev–Trinajstić information content (AvgIpc) is 3.40. The van der Waals surface area contributed by atoms with E-state index < -0.39 is 5.97 Å². The number of oxazole rings is 1. The van der Waals surface area contributed by atoms with Crippen LogP contribution < -0.4 is 0 Å². The van der Waals surface area contributed by atoms with E-state index in [0.717, 1.165) is 45.7 Å². The van der Waals surface area contributed by atoms with Gasteiger partial charge in [-0.3, -0.25) is 0 Å². The molecule has 33 heavy (non-hydrogen) atoms. The minimum atomic E-state index is -0.425. The van der Waals surface area contributed by atoms with Gasteiger partial charge in [0.25, 0.3) is 0 Å². The average molecular weight is 441 g/mol. The molecule has 0 fully saturated rings. The van der Waals surface area contributed by atoms with Crippen molar-refractivity contribution in [3.8, 4) is 11.5 Å². The van der Waals surface area contributed by atoms with Gasteiger partial charge in [-0.1, -0.05) is 25.1 Å². The minimum Gasteiger partial charge on any atom is -0.465 e. The number of hydrogen-bond acceptors (Lipinski definition) is 6. The SMILES string of the molecule is CCc1nc2c(C)cc(C)nc2n1Cc1ccc2oc(-c3ccccc3C(=O)OC)nc2c1. The van der Waals surface area contributed by atoms with E-state index in [2.05, 4.69) is 29.5 Å². The standard InChI is InChI=1S/C26H24N4O3/c1-5-22-29-23-15(2)12-16(3)27-24(23)30(22)14-17-10-11-21-20(13-17)28-25(33-21)18-8-6-7-9-19(18)26(31)32-4/h6-13H,5,14H2,1-4H3. The Morgan fingerprint density at radius 2 is 1.88 bits per heavy atom. The molecule has 0 bridgehead atoms. The second kappa shape index (κ2) is 8.16. The van der Waals surface area contributed by atoms with Gasteiger partial charge in [0.2, 0.25) is 5.89 Å². The lowest BCUT2D eigenvalue weighted by Crippen LogP contribution is -2.05. The first-order valence-corrected chi connectivity index (χ1v) is 10.9. The van der Waals surface area contributed by atoms with Gasteiger partial charge in [-0.25, -0.2) is 19.7 Å². The zero-order chi connectivity index (χ0) is 23.1. The highest BCUT2D eigenvalue weighted by molar-refractivity contribution is 5.96. The molecule has 0 aliphatic rings. The Morgan fingerprint density at radius 3 is 2.67 bits per heavy atom. The van der Waals surface area contributed by atoms with Crippen LogP contribution in [0.2, 0.25) is 0 Å². The third kappa shape index (κ3) is 3.65. The number of pyridine rings is 1. The summed E-state index contributed by atoms with van der Waals surface area (Å²) in [7, 11) is 1.36. The van der Waals surface area contributed by atoms with Crippen LogP contribution in [0.3, 0.4) is 0 Å². The number of aromatic nitrogens is 4. The van der Waals surface area contributed by atoms with Crippen LogP contribution in [0.4, 0.5) is 0 Å². The van der Waals surface area contributed by atoms with E-state index in [1.54, 1.807) is 18.2 Å². The normalized spacial score (nSPS) is 11.4. The third-order valence-electron chi connectivity index (χ3n) is 5.77. The number of esters is 1. The predicted molar refractivity (Wildman–Crippen MR) is 126 cm³/mol. The van der Waals surface area contributed by atoms with E-state index in [9.17, 15) is 4.79 Å². The topological polar surface area (TPSA) is 83.0 Å². The largest absolute Gasteiger partial charge is 0.465 e. The van der Waals surface area contributed by atoms with Crippen LogP contribution in [0.5, 0.6) is 0 Å². The zero-order valence-corrected chi connectivity index (χ0v) is 19.0. The van der Waals surface area contributed by atoms with Crippen molar-refractivity contribution in [2.45, 2.75) is 33.7 Å². The summed E-state index contributed by atoms with van der Waals surface area (Å²) in [6.07, 6.45) is 0.815. The molecule has 0 radical (unpaired) electrons. The summed E-state index contributed by atoms with van der Waals surface area (Å²) in [5, 5.41) is 0. The maximum absolute atomic E-state index is 12.2. The molecule has 3 heterocycles. The number of imidazole rings is 1.